The van der Waals surface area contributed by atoms with E-state index >= 15 is 0 Å². The van der Waals surface area contributed by atoms with Gasteiger partial charge >= 0.3 is 5.97 Å². The summed E-state index contributed by atoms with van der Waals surface area (Å²) in [4.78, 5) is 14.8. The van der Waals surface area contributed by atoms with Crippen LogP contribution in [0.2, 0.25) is 0 Å². The highest BCUT2D eigenvalue weighted by atomic mass is 32.1. The summed E-state index contributed by atoms with van der Waals surface area (Å²) in [7, 11) is 0. The van der Waals surface area contributed by atoms with Crippen molar-refractivity contribution in [3.05, 3.63) is 64.0 Å². The van der Waals surface area contributed by atoms with Gasteiger partial charge in [-0.2, -0.15) is 0 Å². The van der Waals surface area contributed by atoms with E-state index in [4.69, 9.17) is 25.1 Å². The molecule has 0 unspecified atom stereocenters. The fraction of sp³-hybridized carbons (Fsp3) is 0.238. The number of carbonyl (C=O) groups is 1. The fourth-order valence-corrected chi connectivity index (χ4v) is 3.10. The Labute approximate surface area is 177 Å². The predicted molar refractivity (Wildman–Crippen MR) is 111 cm³/mol. The normalized spacial score (nSPS) is 12.1. The van der Waals surface area contributed by atoms with E-state index < -0.39 is 11.6 Å². The predicted octanol–water partition coefficient (Wildman–Crippen LogP) is 3.74. The third-order valence-corrected chi connectivity index (χ3v) is 4.98. The van der Waals surface area contributed by atoms with E-state index in [2.05, 4.69) is 4.98 Å². The van der Waals surface area contributed by atoms with Gasteiger partial charge in [0.25, 0.3) is 0 Å². The summed E-state index contributed by atoms with van der Waals surface area (Å²) in [5, 5.41) is 18.6. The van der Waals surface area contributed by atoms with Crippen LogP contribution in [0.25, 0.3) is 0 Å². The number of aromatic carboxylic acids is 1. The van der Waals surface area contributed by atoms with Crippen molar-refractivity contribution in [2.24, 2.45) is 5.73 Å². The van der Waals surface area contributed by atoms with Crippen molar-refractivity contribution >= 4 is 17.3 Å². The molecule has 0 amide bonds. The van der Waals surface area contributed by atoms with Crippen LogP contribution in [0.5, 0.6) is 23.1 Å². The average molecular weight is 430 g/mol. The van der Waals surface area contributed by atoms with E-state index in [-0.39, 0.29) is 17.6 Å². The summed E-state index contributed by atoms with van der Waals surface area (Å²) in [5.74, 6) is 0.672. The lowest BCUT2D eigenvalue weighted by Crippen LogP contribution is -2.15. The summed E-state index contributed by atoms with van der Waals surface area (Å²) >= 11 is 1.01. The van der Waals surface area contributed by atoms with Gasteiger partial charge in [-0.1, -0.05) is 24.3 Å². The quantitative estimate of drug-likeness (QED) is 0.559. The van der Waals surface area contributed by atoms with Crippen LogP contribution >= 0.6 is 11.3 Å². The molecule has 0 saturated heterocycles. The number of carboxylic acids is 1. The van der Waals surface area contributed by atoms with Crippen LogP contribution in [-0.4, -0.2) is 28.0 Å². The van der Waals surface area contributed by atoms with E-state index in [1.54, 1.807) is 32.0 Å². The number of rotatable bonds is 5. The van der Waals surface area contributed by atoms with E-state index in [1.807, 2.05) is 24.3 Å². The molecule has 158 valence electrons. The maximum atomic E-state index is 10.9. The Morgan fingerprint density at radius 1 is 1.20 bits per heavy atom. The van der Waals surface area contributed by atoms with Crippen LogP contribution in [0, 0.1) is 0 Å². The topological polar surface area (TPSA) is 124 Å². The lowest BCUT2D eigenvalue weighted by Gasteiger charge is -2.17. The Hall–Kier alpha value is -3.14. The van der Waals surface area contributed by atoms with Gasteiger partial charge in [0.1, 0.15) is 5.75 Å². The van der Waals surface area contributed by atoms with Crippen LogP contribution in [0.1, 0.15) is 34.6 Å². The third kappa shape index (κ3) is 5.26. The number of nitrogens with zero attached hydrogens (tertiary/aromatic N) is 1. The van der Waals surface area contributed by atoms with E-state index in [9.17, 15) is 9.90 Å². The molecule has 3 aromatic rings. The number of ether oxygens (including phenoxy) is 3. The second kappa shape index (κ2) is 9.12. The number of carboxylic acid groups (broad SMARTS) is 1. The largest absolute Gasteiger partial charge is 0.477 e. The first-order chi connectivity index (χ1) is 14.3. The molecular formula is C21H22N2O6S. The van der Waals surface area contributed by atoms with Crippen molar-refractivity contribution in [3.8, 4) is 23.1 Å². The number of hydrogen-bond donors (Lipinski definition) is 3. The Morgan fingerprint density at radius 3 is 2.53 bits per heavy atom. The third-order valence-electron chi connectivity index (χ3n) is 4.18. The van der Waals surface area contributed by atoms with Gasteiger partial charge in [0.05, 0.1) is 11.1 Å². The van der Waals surface area contributed by atoms with Gasteiger partial charge in [-0.15, -0.1) is 11.3 Å². The van der Waals surface area contributed by atoms with E-state index in [0.717, 1.165) is 22.5 Å². The average Bonchev–Trinajstić information content (AvgIpc) is 3.37. The summed E-state index contributed by atoms with van der Waals surface area (Å²) in [6.45, 7) is 4.26. The maximum Gasteiger partial charge on any atom is 0.351 e. The van der Waals surface area contributed by atoms with Crippen LogP contribution in [0.4, 0.5) is 0 Å². The zero-order valence-corrected chi connectivity index (χ0v) is 17.3. The Morgan fingerprint density at radius 2 is 1.90 bits per heavy atom. The number of hydrogen-bond acceptors (Lipinski definition) is 8. The molecular weight excluding hydrogens is 408 g/mol. The molecule has 30 heavy (non-hydrogen) atoms. The molecule has 1 aliphatic heterocycles. The van der Waals surface area contributed by atoms with Crippen molar-refractivity contribution in [2.75, 3.05) is 6.79 Å². The molecule has 4 rings (SSSR count). The van der Waals surface area contributed by atoms with Crippen molar-refractivity contribution in [1.29, 1.82) is 0 Å². The van der Waals surface area contributed by atoms with Gasteiger partial charge < -0.3 is 30.2 Å². The van der Waals surface area contributed by atoms with Crippen molar-refractivity contribution in [1.82, 2.24) is 4.98 Å². The fourth-order valence-electron chi connectivity index (χ4n) is 2.55. The minimum atomic E-state index is -1.06. The molecule has 1 aromatic heterocycles. The van der Waals surface area contributed by atoms with Gasteiger partial charge in [0.15, 0.2) is 16.4 Å². The first kappa shape index (κ1) is 21.6. The number of nitrogens with two attached hydrogens (primary N) is 1. The van der Waals surface area contributed by atoms with Crippen LogP contribution in [0.3, 0.4) is 0 Å². The summed E-state index contributed by atoms with van der Waals surface area (Å²) < 4.78 is 15.8. The summed E-state index contributed by atoms with van der Waals surface area (Å²) in [5.41, 5.74) is 8.11. The first-order valence-electron chi connectivity index (χ1n) is 9.04. The molecule has 2 aromatic carbocycles. The summed E-state index contributed by atoms with van der Waals surface area (Å²) in [6.07, 6.45) is 0. The molecule has 0 aliphatic carbocycles. The zero-order chi connectivity index (χ0) is 21.7. The second-order valence-corrected chi connectivity index (χ2v) is 7.72. The summed E-state index contributed by atoms with van der Waals surface area (Å²) in [6, 6.07) is 12.7. The standard InChI is InChI=1S/C11H7NO5S.C10H15NO/c13-11(14)9-10(12-4-18-9)17-6-1-2-7-8(3-6)16-5-15-7;1-10(2,12)9-5-3-8(7-11)4-6-9/h1-4H,5H2,(H,13,14);3-6,12H,7,11H2,1-2H3. The van der Waals surface area contributed by atoms with Gasteiger partial charge in [-0.25, -0.2) is 9.78 Å². The van der Waals surface area contributed by atoms with Crippen molar-refractivity contribution in [3.63, 3.8) is 0 Å². The number of fused-ring (bicyclic) bond motifs is 1. The highest BCUT2D eigenvalue weighted by molar-refractivity contribution is 7.12. The molecule has 0 atom stereocenters. The van der Waals surface area contributed by atoms with Gasteiger partial charge in [-0.3, -0.25) is 0 Å². The zero-order valence-electron chi connectivity index (χ0n) is 16.5. The second-order valence-electron chi connectivity index (χ2n) is 6.87. The molecule has 1 aliphatic rings. The monoisotopic (exact) mass is 430 g/mol. The van der Waals surface area contributed by atoms with Crippen LogP contribution in [0.15, 0.2) is 48.0 Å². The molecule has 2 heterocycles. The highest BCUT2D eigenvalue weighted by Gasteiger charge is 2.18. The van der Waals surface area contributed by atoms with Gasteiger partial charge in [-0.05, 0) is 37.1 Å². The Bertz CT molecular complexity index is 1010. The Kier molecular flexibility index (Phi) is 6.56. The highest BCUT2D eigenvalue weighted by Crippen LogP contribution is 2.37. The number of thiazole rings is 1. The van der Waals surface area contributed by atoms with E-state index in [0.29, 0.717) is 23.8 Å². The number of benzene rings is 2. The molecule has 0 spiro atoms. The SMILES string of the molecule is CC(C)(O)c1ccc(CN)cc1.O=C(O)c1scnc1Oc1ccc2c(c1)OCO2. The minimum Gasteiger partial charge on any atom is -0.477 e. The minimum absolute atomic E-state index is 0.0627. The first-order valence-corrected chi connectivity index (χ1v) is 9.92. The van der Waals surface area contributed by atoms with Crippen LogP contribution in [-0.2, 0) is 12.1 Å². The lowest BCUT2D eigenvalue weighted by atomic mass is 9.97. The maximum absolute atomic E-state index is 10.9. The molecule has 0 fully saturated rings. The molecule has 9 heteroatoms. The Balaban J connectivity index is 0.000000187. The van der Waals surface area contributed by atoms with Crippen LogP contribution < -0.4 is 19.9 Å². The molecule has 0 saturated carbocycles. The van der Waals surface area contributed by atoms with Gasteiger partial charge in [0.2, 0.25) is 12.7 Å². The van der Waals surface area contributed by atoms with Gasteiger partial charge in [0, 0.05) is 12.6 Å². The number of aliphatic hydroxyl groups is 1. The molecule has 0 bridgehead atoms. The molecule has 0 radical (unpaired) electrons. The van der Waals surface area contributed by atoms with Crippen molar-refractivity contribution in [2.45, 2.75) is 26.0 Å². The number of aromatic nitrogens is 1. The smallest absolute Gasteiger partial charge is 0.351 e. The van der Waals surface area contributed by atoms with Crippen molar-refractivity contribution < 1.29 is 29.2 Å². The molecule has 4 N–H and O–H groups in total. The molecule has 8 nitrogen and oxygen atoms in total. The van der Waals surface area contributed by atoms with E-state index in [1.165, 1.54) is 5.51 Å². The lowest BCUT2D eigenvalue weighted by molar-refractivity contribution is 0.0698.